The lowest BCUT2D eigenvalue weighted by Gasteiger charge is -2.05. The fourth-order valence-corrected chi connectivity index (χ4v) is 2.63. The molecule has 0 saturated heterocycles. The molecule has 0 fully saturated rings. The van der Waals surface area contributed by atoms with Crippen LogP contribution in [0.25, 0.3) is 0 Å². The Bertz CT molecular complexity index is 545. The maximum absolute atomic E-state index is 13.1. The zero-order valence-electron chi connectivity index (χ0n) is 10.2. The predicted molar refractivity (Wildman–Crippen MR) is 68.0 cm³/mol. The molecule has 7 heteroatoms. The van der Waals surface area contributed by atoms with Crippen LogP contribution >= 0.6 is 0 Å². The van der Waals surface area contributed by atoms with Crippen LogP contribution in [0.15, 0.2) is 22.6 Å². The fraction of sp³-hybridized carbons (Fsp3) is 0.364. The molecule has 0 aliphatic rings. The van der Waals surface area contributed by atoms with E-state index in [2.05, 4.69) is 9.10 Å². The van der Waals surface area contributed by atoms with Gasteiger partial charge < -0.3 is 10.5 Å². The summed E-state index contributed by atoms with van der Waals surface area (Å²) in [5.41, 5.74) is 6.13. The molecule has 1 amide bonds. The van der Waals surface area contributed by atoms with E-state index in [-0.39, 0.29) is 18.0 Å². The van der Waals surface area contributed by atoms with Gasteiger partial charge in [-0.2, -0.15) is 0 Å². The molecule has 1 atom stereocenters. The van der Waals surface area contributed by atoms with Gasteiger partial charge in [0.1, 0.15) is 5.82 Å². The Balaban J connectivity index is 2.95. The third-order valence-electron chi connectivity index (χ3n) is 1.95. The zero-order chi connectivity index (χ0) is 13.8. The molecule has 0 spiro atoms. The number of anilines is 1. The molecule has 0 heterocycles. The van der Waals surface area contributed by atoms with Crippen LogP contribution in [0.4, 0.5) is 14.9 Å². The minimum absolute atomic E-state index is 0.0617. The molecule has 1 aromatic rings. The molecule has 1 rings (SSSR count). The van der Waals surface area contributed by atoms with Crippen LogP contribution in [0, 0.1) is 5.82 Å². The zero-order valence-corrected chi connectivity index (χ0v) is 11.0. The van der Waals surface area contributed by atoms with Crippen LogP contribution in [0.3, 0.4) is 0 Å². The Morgan fingerprint density at radius 1 is 1.50 bits per heavy atom. The van der Waals surface area contributed by atoms with Gasteiger partial charge >= 0.3 is 6.09 Å². The molecule has 0 saturated carbocycles. The molecule has 0 aliphatic heterocycles. The summed E-state index contributed by atoms with van der Waals surface area (Å²) >= 11 is 0. The number of carbonyl (C=O) groups is 1. The summed E-state index contributed by atoms with van der Waals surface area (Å²) in [6.07, 6.45) is 0.430. The first-order valence-electron chi connectivity index (χ1n) is 5.24. The van der Waals surface area contributed by atoms with Gasteiger partial charge in [-0.1, -0.05) is 0 Å². The van der Waals surface area contributed by atoms with E-state index in [0.717, 1.165) is 6.07 Å². The van der Waals surface area contributed by atoms with Crippen molar-refractivity contribution in [2.45, 2.75) is 12.7 Å². The predicted octanol–water partition coefficient (Wildman–Crippen LogP) is 2.16. The largest absolute Gasteiger partial charge is 0.448 e. The van der Waals surface area contributed by atoms with Crippen LogP contribution < -0.4 is 5.73 Å². The second-order valence-electron chi connectivity index (χ2n) is 3.79. The van der Waals surface area contributed by atoms with Gasteiger partial charge in [0.05, 0.1) is 22.1 Å². The Labute approximate surface area is 105 Å². The topological polar surface area (TPSA) is 81.8 Å². The molecular formula is C11H15FN2O3S. The van der Waals surface area contributed by atoms with Gasteiger partial charge in [0.25, 0.3) is 0 Å². The highest BCUT2D eigenvalue weighted by Gasteiger charge is 2.09. The minimum Gasteiger partial charge on any atom is -0.448 e. The van der Waals surface area contributed by atoms with E-state index in [9.17, 15) is 13.4 Å². The highest BCUT2D eigenvalue weighted by Crippen LogP contribution is 2.14. The number of ether oxygens (including phenoxy) is 1. The van der Waals surface area contributed by atoms with Gasteiger partial charge in [-0.3, -0.25) is 0 Å². The first-order chi connectivity index (χ1) is 8.32. The van der Waals surface area contributed by atoms with Crippen molar-refractivity contribution >= 4 is 21.5 Å². The summed E-state index contributed by atoms with van der Waals surface area (Å²) in [6.45, 7) is 1.78. The maximum Gasteiger partial charge on any atom is 0.441 e. The molecular weight excluding hydrogens is 259 g/mol. The molecule has 0 bridgehead atoms. The Morgan fingerprint density at radius 3 is 2.72 bits per heavy atom. The average Bonchev–Trinajstić information content (AvgIpc) is 2.13. The highest BCUT2D eigenvalue weighted by atomic mass is 32.2. The lowest BCUT2D eigenvalue weighted by atomic mass is 10.2. The standard InChI is InChI=1S/C11H15FN2O3S/c1-3-17-11(15)14-18(2,16)7-8-4-9(12)6-10(13)5-8/h4-6H,3,7,13H2,1-2H3. The molecule has 100 valence electrons. The van der Waals surface area contributed by atoms with Gasteiger partial charge in [-0.15, -0.1) is 4.36 Å². The summed E-state index contributed by atoms with van der Waals surface area (Å²) in [5.74, 6) is -0.579. The summed E-state index contributed by atoms with van der Waals surface area (Å²) in [4.78, 5) is 11.1. The first-order valence-corrected chi connectivity index (χ1v) is 7.33. The van der Waals surface area contributed by atoms with E-state index >= 15 is 0 Å². The van der Waals surface area contributed by atoms with Crippen molar-refractivity contribution in [3.05, 3.63) is 29.6 Å². The normalized spacial score (nSPS) is 13.7. The van der Waals surface area contributed by atoms with Crippen molar-refractivity contribution in [2.75, 3.05) is 18.6 Å². The summed E-state index contributed by atoms with van der Waals surface area (Å²) < 4.78 is 33.2. The molecule has 1 aromatic carbocycles. The number of benzene rings is 1. The minimum atomic E-state index is -2.81. The van der Waals surface area contributed by atoms with E-state index in [1.807, 2.05) is 0 Å². The van der Waals surface area contributed by atoms with Crippen LogP contribution in [0.1, 0.15) is 12.5 Å². The number of halogens is 1. The van der Waals surface area contributed by atoms with Crippen molar-refractivity contribution in [2.24, 2.45) is 4.36 Å². The smallest absolute Gasteiger partial charge is 0.441 e. The van der Waals surface area contributed by atoms with E-state index < -0.39 is 21.6 Å². The SMILES string of the molecule is CCOC(=O)N=S(C)(=O)Cc1cc(N)cc(F)c1. The van der Waals surface area contributed by atoms with E-state index in [1.165, 1.54) is 18.4 Å². The molecule has 2 N–H and O–H groups in total. The van der Waals surface area contributed by atoms with E-state index in [1.54, 1.807) is 6.92 Å². The van der Waals surface area contributed by atoms with Gasteiger partial charge in [0.15, 0.2) is 0 Å². The number of nitrogens with two attached hydrogens (primary N) is 1. The van der Waals surface area contributed by atoms with Crippen LogP contribution in [-0.2, 0) is 20.2 Å². The lowest BCUT2D eigenvalue weighted by molar-refractivity contribution is 0.164. The second kappa shape index (κ2) is 5.81. The number of nitrogen functional groups attached to an aromatic ring is 1. The van der Waals surface area contributed by atoms with Gasteiger partial charge in [-0.25, -0.2) is 13.4 Å². The lowest BCUT2D eigenvalue weighted by Crippen LogP contribution is -2.07. The van der Waals surface area contributed by atoms with Crippen LogP contribution in [-0.4, -0.2) is 23.2 Å². The quantitative estimate of drug-likeness (QED) is 0.856. The van der Waals surface area contributed by atoms with E-state index in [4.69, 9.17) is 5.73 Å². The molecule has 0 aliphatic carbocycles. The van der Waals surface area contributed by atoms with Crippen molar-refractivity contribution in [3.8, 4) is 0 Å². The Morgan fingerprint density at radius 2 is 2.17 bits per heavy atom. The monoisotopic (exact) mass is 274 g/mol. The average molecular weight is 274 g/mol. The highest BCUT2D eigenvalue weighted by molar-refractivity contribution is 7.92. The van der Waals surface area contributed by atoms with Crippen molar-refractivity contribution in [3.63, 3.8) is 0 Å². The number of nitrogens with zero attached hydrogens (tertiary/aromatic N) is 1. The third kappa shape index (κ3) is 4.70. The van der Waals surface area contributed by atoms with Crippen molar-refractivity contribution < 1.29 is 18.1 Å². The molecule has 0 aromatic heterocycles. The van der Waals surface area contributed by atoms with Gasteiger partial charge in [0, 0.05) is 11.9 Å². The first kappa shape index (κ1) is 14.4. The van der Waals surface area contributed by atoms with Crippen LogP contribution in [0.5, 0.6) is 0 Å². The maximum atomic E-state index is 13.1. The molecule has 5 nitrogen and oxygen atoms in total. The Hall–Kier alpha value is -1.63. The summed E-state index contributed by atoms with van der Waals surface area (Å²) in [7, 11) is -2.81. The molecule has 1 unspecified atom stereocenters. The number of carbonyl (C=O) groups excluding carboxylic acids is 1. The number of amides is 1. The van der Waals surface area contributed by atoms with Crippen molar-refractivity contribution in [1.82, 2.24) is 0 Å². The number of hydrogen-bond donors (Lipinski definition) is 1. The molecule has 0 radical (unpaired) electrons. The summed E-state index contributed by atoms with van der Waals surface area (Å²) in [6, 6.07) is 3.86. The van der Waals surface area contributed by atoms with Gasteiger partial charge in [-0.05, 0) is 30.7 Å². The molecule has 18 heavy (non-hydrogen) atoms. The fourth-order valence-electron chi connectivity index (χ4n) is 1.41. The number of hydrogen-bond acceptors (Lipinski definition) is 4. The van der Waals surface area contributed by atoms with Gasteiger partial charge in [0.2, 0.25) is 0 Å². The third-order valence-corrected chi connectivity index (χ3v) is 3.35. The second-order valence-corrected chi connectivity index (χ2v) is 6.18. The Kier molecular flexibility index (Phi) is 4.66. The summed E-state index contributed by atoms with van der Waals surface area (Å²) in [5, 5.41) is 0. The van der Waals surface area contributed by atoms with E-state index in [0.29, 0.717) is 5.56 Å². The number of rotatable bonds is 3. The van der Waals surface area contributed by atoms with Crippen LogP contribution in [0.2, 0.25) is 0 Å². The van der Waals surface area contributed by atoms with Crippen molar-refractivity contribution in [1.29, 1.82) is 0 Å².